The second kappa shape index (κ2) is 9.26. The summed E-state index contributed by atoms with van der Waals surface area (Å²) in [6, 6.07) is 2.74. The van der Waals surface area contributed by atoms with Crippen LogP contribution in [0.25, 0.3) is 5.76 Å². The zero-order chi connectivity index (χ0) is 25.9. The third-order valence-electron chi connectivity index (χ3n) is 8.42. The fourth-order valence-electron chi connectivity index (χ4n) is 6.83. The van der Waals surface area contributed by atoms with E-state index in [-0.39, 0.29) is 28.6 Å². The van der Waals surface area contributed by atoms with Gasteiger partial charge in [-0.25, -0.2) is 0 Å². The molecule has 3 fully saturated rings. The van der Waals surface area contributed by atoms with E-state index in [0.717, 1.165) is 24.2 Å². The highest BCUT2D eigenvalue weighted by molar-refractivity contribution is 6.19. The fraction of sp³-hybridized carbons (Fsp3) is 0.577. The topological polar surface area (TPSA) is 154 Å². The van der Waals surface area contributed by atoms with Crippen LogP contribution in [-0.4, -0.2) is 95.1 Å². The van der Waals surface area contributed by atoms with Gasteiger partial charge in [-0.15, -0.1) is 0 Å². The lowest BCUT2D eigenvalue weighted by Crippen LogP contribution is -2.64. The highest BCUT2D eigenvalue weighted by Gasteiger charge is 2.59. The van der Waals surface area contributed by atoms with Gasteiger partial charge >= 0.3 is 0 Å². The maximum Gasteiger partial charge on any atom is 0.230 e. The van der Waals surface area contributed by atoms with Gasteiger partial charge in [-0.1, -0.05) is 6.07 Å². The number of aliphatic hydroxyl groups is 2. The molecule has 2 saturated carbocycles. The van der Waals surface area contributed by atoms with Gasteiger partial charge in [-0.05, 0) is 56.0 Å². The number of benzene rings is 1. The summed E-state index contributed by atoms with van der Waals surface area (Å²) in [5, 5.41) is 32.9. The fourth-order valence-corrected chi connectivity index (χ4v) is 6.83. The van der Waals surface area contributed by atoms with Crippen LogP contribution >= 0.6 is 0 Å². The number of hydrogen-bond donors (Lipinski definition) is 4. The van der Waals surface area contributed by atoms with Crippen molar-refractivity contribution in [3.8, 4) is 5.75 Å². The Hall–Kier alpha value is -2.79. The van der Waals surface area contributed by atoms with Crippen molar-refractivity contribution in [1.82, 2.24) is 9.80 Å². The molecule has 2 unspecified atom stereocenters. The van der Waals surface area contributed by atoms with Crippen LogP contribution in [0.2, 0.25) is 0 Å². The lowest BCUT2D eigenvalue weighted by Gasteiger charge is -2.50. The van der Waals surface area contributed by atoms with E-state index < -0.39 is 47.4 Å². The molecule has 1 amide bonds. The van der Waals surface area contributed by atoms with Crippen molar-refractivity contribution in [1.29, 1.82) is 0 Å². The molecule has 36 heavy (non-hydrogen) atoms. The van der Waals surface area contributed by atoms with Crippen molar-refractivity contribution >= 4 is 23.2 Å². The minimum atomic E-state index is -1.49. The Labute approximate surface area is 209 Å². The number of phenolic OH excluding ortho intramolecular Hbond substituents is 1. The number of hydrogen-bond acceptors (Lipinski definition) is 9. The number of Topliss-reactive ketones (excluding diaryl/α,β-unsaturated/α-hetero) is 2. The van der Waals surface area contributed by atoms with Gasteiger partial charge in [-0.2, -0.15) is 0 Å². The van der Waals surface area contributed by atoms with Gasteiger partial charge in [0.2, 0.25) is 5.91 Å². The van der Waals surface area contributed by atoms with Crippen LogP contribution in [0.15, 0.2) is 17.7 Å². The van der Waals surface area contributed by atoms with Gasteiger partial charge in [0, 0.05) is 31.2 Å². The Bertz CT molecular complexity index is 1140. The Morgan fingerprint density at radius 2 is 1.89 bits per heavy atom. The van der Waals surface area contributed by atoms with Crippen molar-refractivity contribution in [3.05, 3.63) is 34.4 Å². The predicted octanol–water partition coefficient (Wildman–Crippen LogP) is -0.154. The van der Waals surface area contributed by atoms with Gasteiger partial charge in [0.25, 0.3) is 0 Å². The van der Waals surface area contributed by atoms with Crippen molar-refractivity contribution in [2.45, 2.75) is 31.5 Å². The van der Waals surface area contributed by atoms with Crippen molar-refractivity contribution in [3.63, 3.8) is 0 Å². The molecule has 1 aromatic rings. The lowest BCUT2D eigenvalue weighted by molar-refractivity contribution is -0.157. The Balaban J connectivity index is 1.57. The largest absolute Gasteiger partial charge is 0.507 e. The predicted molar refractivity (Wildman–Crippen MR) is 129 cm³/mol. The molecule has 4 aliphatic rings. The van der Waals surface area contributed by atoms with Gasteiger partial charge in [0.1, 0.15) is 17.4 Å². The van der Waals surface area contributed by atoms with Gasteiger partial charge < -0.3 is 30.7 Å². The number of nitrogens with zero attached hydrogens (tertiary/aromatic N) is 2. The third-order valence-corrected chi connectivity index (χ3v) is 8.42. The van der Waals surface area contributed by atoms with Crippen LogP contribution in [0.1, 0.15) is 23.1 Å². The second-order valence-electron chi connectivity index (χ2n) is 10.6. The van der Waals surface area contributed by atoms with Crippen molar-refractivity contribution in [2.24, 2.45) is 29.4 Å². The zero-order valence-corrected chi connectivity index (χ0v) is 20.5. The SMILES string of the molecule is CN(C)[C@H]1C(O)C(C(N)=O)C(=O)[C@@H]2C(=O)C3=C(O)c4c(O)ccc(CN5CCOCC5)c4C[C@@H]3C[C@@H]21. The molecular weight excluding hydrogens is 466 g/mol. The second-order valence-corrected chi connectivity index (χ2v) is 10.6. The molecular formula is C26H33N3O7. The summed E-state index contributed by atoms with van der Waals surface area (Å²) in [5.41, 5.74) is 7.56. The summed E-state index contributed by atoms with van der Waals surface area (Å²) >= 11 is 0. The maximum atomic E-state index is 13.8. The number of carbonyl (C=O) groups is 3. The van der Waals surface area contributed by atoms with Gasteiger partial charge in [0.05, 0.1) is 30.8 Å². The van der Waals surface area contributed by atoms with E-state index in [0.29, 0.717) is 32.6 Å². The minimum absolute atomic E-state index is 0.119. The Morgan fingerprint density at radius 3 is 2.53 bits per heavy atom. The average Bonchev–Trinajstić information content (AvgIpc) is 2.80. The zero-order valence-electron chi connectivity index (χ0n) is 20.5. The maximum absolute atomic E-state index is 13.8. The molecule has 1 heterocycles. The number of aromatic hydroxyl groups is 1. The standard InChI is InChI=1S/C26H33N3O7/c1-28(2)21-15-10-13-9-14-12(11-29-5-7-36-8-6-29)3-4-16(30)18(14)22(31)17(13)23(32)19(15)24(33)20(25(21)34)26(27)35/h3-4,13,15,19-21,25,30-31,34H,5-11H2,1-2H3,(H2,27,35)/t13-,15+,19+,20?,21-,25?/m1/s1. The van der Waals surface area contributed by atoms with Crippen molar-refractivity contribution in [2.75, 3.05) is 40.4 Å². The van der Waals surface area contributed by atoms with Gasteiger partial charge in [-0.3, -0.25) is 19.3 Å². The number of primary amides is 1. The molecule has 10 heteroatoms. The number of allylic oxidation sites excluding steroid dienone is 1. The first-order valence-corrected chi connectivity index (χ1v) is 12.4. The number of morpholine rings is 1. The van der Waals surface area contributed by atoms with Crippen LogP contribution < -0.4 is 5.73 Å². The lowest BCUT2D eigenvalue weighted by atomic mass is 9.56. The van der Waals surface area contributed by atoms with E-state index >= 15 is 0 Å². The molecule has 1 saturated heterocycles. The number of carbonyl (C=O) groups excluding carboxylic acids is 3. The van der Waals surface area contributed by atoms with Crippen LogP contribution in [0.5, 0.6) is 5.75 Å². The van der Waals surface area contributed by atoms with E-state index in [9.17, 15) is 29.7 Å². The summed E-state index contributed by atoms with van der Waals surface area (Å²) in [4.78, 5) is 43.1. The minimum Gasteiger partial charge on any atom is -0.507 e. The number of phenols is 1. The molecule has 0 aromatic heterocycles. The molecule has 10 nitrogen and oxygen atoms in total. The van der Waals surface area contributed by atoms with Crippen LogP contribution in [0.4, 0.5) is 0 Å². The molecule has 1 aliphatic heterocycles. The summed E-state index contributed by atoms with van der Waals surface area (Å²) in [6.07, 6.45) is -0.532. The summed E-state index contributed by atoms with van der Waals surface area (Å²) in [7, 11) is 3.47. The van der Waals surface area contributed by atoms with E-state index in [1.54, 1.807) is 19.0 Å². The first-order chi connectivity index (χ1) is 17.1. The molecule has 5 rings (SSSR count). The number of fused-ring (bicyclic) bond motifs is 3. The van der Waals surface area contributed by atoms with E-state index in [4.69, 9.17) is 10.5 Å². The summed E-state index contributed by atoms with van der Waals surface area (Å²) in [5.74, 6) is -6.24. The molecule has 0 radical (unpaired) electrons. The van der Waals surface area contributed by atoms with E-state index in [1.165, 1.54) is 6.07 Å². The quantitative estimate of drug-likeness (QED) is 0.414. The Morgan fingerprint density at radius 1 is 1.19 bits per heavy atom. The highest BCUT2D eigenvalue weighted by Crippen LogP contribution is 2.51. The number of nitrogens with two attached hydrogens (primary N) is 1. The highest BCUT2D eigenvalue weighted by atomic mass is 16.5. The van der Waals surface area contributed by atoms with E-state index in [2.05, 4.69) is 4.90 Å². The molecule has 194 valence electrons. The summed E-state index contributed by atoms with van der Waals surface area (Å²) in [6.45, 7) is 3.47. The van der Waals surface area contributed by atoms with Crippen LogP contribution in [-0.2, 0) is 32.1 Å². The number of rotatable bonds is 4. The van der Waals surface area contributed by atoms with Crippen LogP contribution in [0, 0.1) is 23.7 Å². The number of amides is 1. The van der Waals surface area contributed by atoms with Crippen molar-refractivity contribution < 1.29 is 34.4 Å². The number of ketones is 2. The normalized spacial score (nSPS) is 32.8. The van der Waals surface area contributed by atoms with Gasteiger partial charge in [0.15, 0.2) is 11.6 Å². The first-order valence-electron chi connectivity index (χ1n) is 12.4. The third kappa shape index (κ3) is 3.83. The molecule has 3 aliphatic carbocycles. The Kier molecular flexibility index (Phi) is 6.40. The average molecular weight is 500 g/mol. The molecule has 0 bridgehead atoms. The number of likely N-dealkylation sites (N-methyl/N-ethyl adjacent to an activating group) is 1. The smallest absolute Gasteiger partial charge is 0.230 e. The first kappa shape index (κ1) is 24.9. The van der Waals surface area contributed by atoms with E-state index in [1.807, 2.05) is 6.07 Å². The number of ether oxygens (including phenoxy) is 1. The molecule has 6 atom stereocenters. The summed E-state index contributed by atoms with van der Waals surface area (Å²) < 4.78 is 5.44. The molecule has 0 spiro atoms. The number of aliphatic hydroxyl groups excluding tert-OH is 2. The van der Waals surface area contributed by atoms with Crippen LogP contribution in [0.3, 0.4) is 0 Å². The molecule has 5 N–H and O–H groups in total. The monoisotopic (exact) mass is 499 g/mol. The molecule has 1 aromatic carbocycles.